The molecule has 0 aliphatic carbocycles. The van der Waals surface area contributed by atoms with Gasteiger partial charge in [-0.25, -0.2) is 13.2 Å². The van der Waals surface area contributed by atoms with Crippen molar-refractivity contribution in [3.8, 4) is 5.75 Å². The van der Waals surface area contributed by atoms with Crippen LogP contribution in [-0.2, 0) is 21.2 Å². The standard InChI is InChI=1S/C19H24N2O5S.ClH/c1-25-17-9-8-16(19(22)26-2)14-18(17)27(23,24)21(13-11-20)12-10-15-6-4-3-5-7-15;/h3-9,14H,10-13,20H2,1-2H3;1H. The summed E-state index contributed by atoms with van der Waals surface area (Å²) in [6.45, 7) is 0.586. The first-order valence-corrected chi connectivity index (χ1v) is 9.88. The largest absolute Gasteiger partial charge is 0.495 e. The van der Waals surface area contributed by atoms with Gasteiger partial charge in [-0.2, -0.15) is 4.31 Å². The maximum absolute atomic E-state index is 13.2. The van der Waals surface area contributed by atoms with Crippen LogP contribution in [0.4, 0.5) is 0 Å². The van der Waals surface area contributed by atoms with Crippen LogP contribution in [0.2, 0.25) is 0 Å². The van der Waals surface area contributed by atoms with E-state index >= 15 is 0 Å². The number of nitrogens with zero attached hydrogens (tertiary/aromatic N) is 1. The van der Waals surface area contributed by atoms with Crippen molar-refractivity contribution in [2.45, 2.75) is 11.3 Å². The van der Waals surface area contributed by atoms with Gasteiger partial charge in [0.05, 0.1) is 19.8 Å². The number of ether oxygens (including phenoxy) is 2. The maximum atomic E-state index is 13.2. The maximum Gasteiger partial charge on any atom is 0.337 e. The molecule has 154 valence electrons. The Morgan fingerprint density at radius 1 is 1.07 bits per heavy atom. The third kappa shape index (κ3) is 5.68. The van der Waals surface area contributed by atoms with Crippen LogP contribution in [0.1, 0.15) is 15.9 Å². The quantitative estimate of drug-likeness (QED) is 0.614. The Bertz CT molecular complexity index is 875. The van der Waals surface area contributed by atoms with Gasteiger partial charge in [0.2, 0.25) is 10.0 Å². The van der Waals surface area contributed by atoms with Gasteiger partial charge in [-0.3, -0.25) is 0 Å². The molecule has 2 N–H and O–H groups in total. The number of carbonyl (C=O) groups excluding carboxylic acids is 1. The van der Waals surface area contributed by atoms with Crippen LogP contribution in [0.3, 0.4) is 0 Å². The van der Waals surface area contributed by atoms with E-state index < -0.39 is 16.0 Å². The van der Waals surface area contributed by atoms with Crippen molar-refractivity contribution >= 4 is 28.4 Å². The molecule has 28 heavy (non-hydrogen) atoms. The van der Waals surface area contributed by atoms with Crippen molar-refractivity contribution in [1.82, 2.24) is 4.31 Å². The molecule has 9 heteroatoms. The second-order valence-electron chi connectivity index (χ2n) is 5.79. The zero-order valence-electron chi connectivity index (χ0n) is 15.8. The summed E-state index contributed by atoms with van der Waals surface area (Å²) in [5.41, 5.74) is 6.78. The van der Waals surface area contributed by atoms with Gasteiger partial charge in [-0.05, 0) is 30.2 Å². The third-order valence-electron chi connectivity index (χ3n) is 4.07. The minimum absolute atomic E-state index is 0. The van der Waals surface area contributed by atoms with Gasteiger partial charge in [-0.1, -0.05) is 30.3 Å². The van der Waals surface area contributed by atoms with E-state index in [2.05, 4.69) is 4.74 Å². The molecule has 2 rings (SSSR count). The highest BCUT2D eigenvalue weighted by molar-refractivity contribution is 7.89. The molecule has 0 atom stereocenters. The highest BCUT2D eigenvalue weighted by atomic mass is 35.5. The highest BCUT2D eigenvalue weighted by Crippen LogP contribution is 2.28. The monoisotopic (exact) mass is 428 g/mol. The van der Waals surface area contributed by atoms with E-state index in [0.717, 1.165) is 5.56 Å². The first kappa shape index (κ1) is 23.9. The molecule has 0 saturated heterocycles. The molecule has 0 aromatic heterocycles. The number of esters is 1. The molecule has 2 aromatic carbocycles. The Morgan fingerprint density at radius 2 is 1.75 bits per heavy atom. The zero-order valence-corrected chi connectivity index (χ0v) is 17.5. The SMILES string of the molecule is COC(=O)c1ccc(OC)c(S(=O)(=O)N(CCN)CCc2ccccc2)c1.Cl. The van der Waals surface area contributed by atoms with Crippen LogP contribution in [0.25, 0.3) is 0 Å². The molecule has 0 aliphatic heterocycles. The number of halogens is 1. The van der Waals surface area contributed by atoms with E-state index in [9.17, 15) is 13.2 Å². The molecule has 0 amide bonds. The summed E-state index contributed by atoms with van der Waals surface area (Å²) in [6.07, 6.45) is 0.541. The zero-order chi connectivity index (χ0) is 19.9. The van der Waals surface area contributed by atoms with Crippen LogP contribution in [0, 0.1) is 0 Å². The van der Waals surface area contributed by atoms with Crippen molar-refractivity contribution in [3.63, 3.8) is 0 Å². The molecule has 2 aromatic rings. The van der Waals surface area contributed by atoms with Crippen molar-refractivity contribution in [1.29, 1.82) is 0 Å². The number of hydrogen-bond acceptors (Lipinski definition) is 6. The van der Waals surface area contributed by atoms with Crippen LogP contribution < -0.4 is 10.5 Å². The van der Waals surface area contributed by atoms with E-state index in [-0.39, 0.29) is 48.2 Å². The average molecular weight is 429 g/mol. The third-order valence-corrected chi connectivity index (χ3v) is 5.99. The molecule has 0 heterocycles. The number of benzene rings is 2. The Morgan fingerprint density at radius 3 is 2.32 bits per heavy atom. The Hall–Kier alpha value is -2.13. The van der Waals surface area contributed by atoms with Gasteiger partial charge in [0.15, 0.2) is 0 Å². The van der Waals surface area contributed by atoms with Crippen molar-refractivity contribution in [3.05, 3.63) is 59.7 Å². The lowest BCUT2D eigenvalue weighted by molar-refractivity contribution is 0.0600. The van der Waals surface area contributed by atoms with E-state index in [1.165, 1.54) is 36.7 Å². The average Bonchev–Trinajstić information content (AvgIpc) is 2.70. The predicted molar refractivity (Wildman–Crippen MR) is 110 cm³/mol. The van der Waals surface area contributed by atoms with Gasteiger partial charge >= 0.3 is 5.97 Å². The van der Waals surface area contributed by atoms with E-state index in [0.29, 0.717) is 6.42 Å². The van der Waals surface area contributed by atoms with Gasteiger partial charge in [0.25, 0.3) is 0 Å². The van der Waals surface area contributed by atoms with Gasteiger partial charge in [-0.15, -0.1) is 12.4 Å². The number of methoxy groups -OCH3 is 2. The lowest BCUT2D eigenvalue weighted by atomic mass is 10.1. The molecule has 0 bridgehead atoms. The normalized spacial score (nSPS) is 11.0. The molecule has 7 nitrogen and oxygen atoms in total. The summed E-state index contributed by atoms with van der Waals surface area (Å²) in [5.74, 6) is -0.465. The fraction of sp³-hybridized carbons (Fsp3) is 0.316. The molecule has 0 fully saturated rings. The number of nitrogens with two attached hydrogens (primary N) is 1. The number of rotatable bonds is 9. The fourth-order valence-corrected chi connectivity index (χ4v) is 4.29. The lowest BCUT2D eigenvalue weighted by Crippen LogP contribution is -2.37. The molecule has 0 spiro atoms. The Kier molecular flexibility index (Phi) is 9.40. The summed E-state index contributed by atoms with van der Waals surface area (Å²) in [7, 11) is -1.30. The molecule has 0 radical (unpaired) electrons. The molecular formula is C19H25ClN2O5S. The smallest absolute Gasteiger partial charge is 0.337 e. The fourth-order valence-electron chi connectivity index (χ4n) is 2.66. The van der Waals surface area contributed by atoms with Crippen molar-refractivity contribution in [2.24, 2.45) is 5.73 Å². The lowest BCUT2D eigenvalue weighted by Gasteiger charge is -2.23. The van der Waals surface area contributed by atoms with Gasteiger partial charge in [0.1, 0.15) is 10.6 Å². The molecular weight excluding hydrogens is 404 g/mol. The molecule has 0 saturated carbocycles. The van der Waals surface area contributed by atoms with Crippen LogP contribution >= 0.6 is 12.4 Å². The van der Waals surface area contributed by atoms with E-state index in [4.69, 9.17) is 10.5 Å². The Labute approximate surface area is 171 Å². The van der Waals surface area contributed by atoms with Crippen molar-refractivity contribution < 1.29 is 22.7 Å². The summed E-state index contributed by atoms with van der Waals surface area (Å²) in [5, 5.41) is 0. The summed E-state index contributed by atoms with van der Waals surface area (Å²) < 4.78 is 37.6. The summed E-state index contributed by atoms with van der Waals surface area (Å²) in [4.78, 5) is 11.7. The van der Waals surface area contributed by atoms with E-state index in [1.807, 2.05) is 30.3 Å². The summed E-state index contributed by atoms with van der Waals surface area (Å²) >= 11 is 0. The predicted octanol–water partition coefficient (Wildman–Crippen LogP) is 2.10. The first-order chi connectivity index (χ1) is 12.9. The van der Waals surface area contributed by atoms with E-state index in [1.54, 1.807) is 0 Å². The number of hydrogen-bond donors (Lipinski definition) is 1. The van der Waals surface area contributed by atoms with Crippen LogP contribution in [0.5, 0.6) is 5.75 Å². The second-order valence-corrected chi connectivity index (χ2v) is 7.69. The Balaban J connectivity index is 0.00000392. The van der Waals surface area contributed by atoms with Gasteiger partial charge < -0.3 is 15.2 Å². The number of carbonyl (C=O) groups is 1. The second kappa shape index (κ2) is 11.0. The van der Waals surface area contributed by atoms with Crippen LogP contribution in [0.15, 0.2) is 53.4 Å². The molecule has 0 unspecified atom stereocenters. The first-order valence-electron chi connectivity index (χ1n) is 8.44. The summed E-state index contributed by atoms with van der Waals surface area (Å²) in [6, 6.07) is 13.8. The number of sulfonamides is 1. The minimum atomic E-state index is -3.92. The topological polar surface area (TPSA) is 98.9 Å². The minimum Gasteiger partial charge on any atom is -0.495 e. The van der Waals surface area contributed by atoms with Crippen LogP contribution in [-0.4, -0.2) is 52.5 Å². The van der Waals surface area contributed by atoms with Gasteiger partial charge in [0, 0.05) is 19.6 Å². The van der Waals surface area contributed by atoms with Crippen molar-refractivity contribution in [2.75, 3.05) is 33.9 Å². The highest BCUT2D eigenvalue weighted by Gasteiger charge is 2.28. The molecule has 0 aliphatic rings.